The van der Waals surface area contributed by atoms with Crippen molar-refractivity contribution in [2.24, 2.45) is 5.92 Å². The summed E-state index contributed by atoms with van der Waals surface area (Å²) in [5.74, 6) is -1.22. The number of hydrogen-bond acceptors (Lipinski definition) is 1. The van der Waals surface area contributed by atoms with Crippen LogP contribution in [0.25, 0.3) is 0 Å². The van der Waals surface area contributed by atoms with Crippen molar-refractivity contribution in [2.75, 3.05) is 6.61 Å². The zero-order valence-corrected chi connectivity index (χ0v) is 15.5. The van der Waals surface area contributed by atoms with Crippen LogP contribution in [-0.2, 0) is 6.42 Å². The Balaban J connectivity index is 1.62. The third kappa shape index (κ3) is 4.32. The van der Waals surface area contributed by atoms with Crippen molar-refractivity contribution in [2.45, 2.75) is 45.4 Å². The SMILES string of the molecule is CCOc1ccc(C2C=CC(CCc3ccc(C)cc3)CC2)c(F)c1F. The maximum Gasteiger partial charge on any atom is 0.200 e. The van der Waals surface area contributed by atoms with Crippen LogP contribution >= 0.6 is 0 Å². The lowest BCUT2D eigenvalue weighted by atomic mass is 9.82. The second kappa shape index (κ2) is 8.48. The average molecular weight is 356 g/mol. The molecular weight excluding hydrogens is 330 g/mol. The molecule has 1 aliphatic carbocycles. The lowest BCUT2D eigenvalue weighted by Crippen LogP contribution is -2.11. The molecule has 0 heterocycles. The Bertz CT molecular complexity index is 765. The maximum absolute atomic E-state index is 14.4. The van der Waals surface area contributed by atoms with Gasteiger partial charge in [-0.25, -0.2) is 4.39 Å². The van der Waals surface area contributed by atoms with Crippen molar-refractivity contribution in [3.05, 3.63) is 76.9 Å². The van der Waals surface area contributed by atoms with E-state index in [1.807, 2.05) is 6.08 Å². The lowest BCUT2D eigenvalue weighted by molar-refractivity contribution is 0.312. The molecule has 3 heteroatoms. The highest BCUT2D eigenvalue weighted by Crippen LogP contribution is 2.35. The molecule has 0 bridgehead atoms. The molecule has 0 saturated carbocycles. The summed E-state index contributed by atoms with van der Waals surface area (Å²) in [5, 5.41) is 0. The number of allylic oxidation sites excluding steroid dienone is 2. The second-order valence-corrected chi connectivity index (χ2v) is 7.07. The van der Waals surface area contributed by atoms with Crippen LogP contribution in [0.15, 0.2) is 48.6 Å². The van der Waals surface area contributed by atoms with Gasteiger partial charge in [0.15, 0.2) is 11.6 Å². The Morgan fingerprint density at radius 2 is 1.73 bits per heavy atom. The van der Waals surface area contributed by atoms with E-state index in [-0.39, 0.29) is 11.7 Å². The van der Waals surface area contributed by atoms with Gasteiger partial charge < -0.3 is 4.74 Å². The van der Waals surface area contributed by atoms with Gasteiger partial charge in [-0.2, -0.15) is 4.39 Å². The highest BCUT2D eigenvalue weighted by molar-refractivity contribution is 5.35. The summed E-state index contributed by atoms with van der Waals surface area (Å²) in [5.41, 5.74) is 3.06. The molecule has 26 heavy (non-hydrogen) atoms. The van der Waals surface area contributed by atoms with Crippen molar-refractivity contribution in [1.82, 2.24) is 0 Å². The summed E-state index contributed by atoms with van der Waals surface area (Å²) >= 11 is 0. The molecule has 1 aliphatic rings. The fraction of sp³-hybridized carbons (Fsp3) is 0.391. The largest absolute Gasteiger partial charge is 0.491 e. The van der Waals surface area contributed by atoms with E-state index in [1.54, 1.807) is 13.0 Å². The normalized spacial score (nSPS) is 19.5. The molecule has 0 fully saturated rings. The van der Waals surface area contributed by atoms with Gasteiger partial charge in [0.1, 0.15) is 0 Å². The first-order valence-electron chi connectivity index (χ1n) is 9.43. The maximum atomic E-state index is 14.4. The molecule has 0 spiro atoms. The molecule has 2 atom stereocenters. The van der Waals surface area contributed by atoms with Crippen LogP contribution < -0.4 is 4.74 Å². The highest BCUT2D eigenvalue weighted by atomic mass is 19.2. The van der Waals surface area contributed by atoms with E-state index in [0.717, 1.165) is 25.7 Å². The minimum absolute atomic E-state index is 0.00971. The molecular formula is C23H26F2O. The molecule has 0 N–H and O–H groups in total. The Labute approximate surface area is 154 Å². The van der Waals surface area contributed by atoms with Gasteiger partial charge in [0.25, 0.3) is 0 Å². The van der Waals surface area contributed by atoms with Crippen LogP contribution in [0.2, 0.25) is 0 Å². The van der Waals surface area contributed by atoms with Crippen molar-refractivity contribution < 1.29 is 13.5 Å². The van der Waals surface area contributed by atoms with Crippen molar-refractivity contribution in [3.63, 3.8) is 0 Å². The van der Waals surface area contributed by atoms with Gasteiger partial charge in [-0.05, 0) is 62.6 Å². The summed E-state index contributed by atoms with van der Waals surface area (Å²) in [6.45, 7) is 4.17. The van der Waals surface area contributed by atoms with Crippen LogP contribution in [-0.4, -0.2) is 6.61 Å². The van der Waals surface area contributed by atoms with E-state index in [2.05, 4.69) is 37.3 Å². The number of benzene rings is 2. The van der Waals surface area contributed by atoms with Crippen LogP contribution in [0.4, 0.5) is 8.78 Å². The zero-order valence-electron chi connectivity index (χ0n) is 15.5. The van der Waals surface area contributed by atoms with Gasteiger partial charge >= 0.3 is 0 Å². The van der Waals surface area contributed by atoms with E-state index >= 15 is 0 Å². The predicted octanol–water partition coefficient (Wildman–Crippen LogP) is 6.35. The van der Waals surface area contributed by atoms with Gasteiger partial charge in [0, 0.05) is 5.92 Å². The van der Waals surface area contributed by atoms with Crippen LogP contribution in [0.3, 0.4) is 0 Å². The highest BCUT2D eigenvalue weighted by Gasteiger charge is 2.23. The standard InChI is InChI=1S/C23H26F2O/c1-3-26-21-15-14-20(22(24)23(21)25)19-12-10-18(11-13-19)9-8-17-6-4-16(2)5-7-17/h4-7,10,12,14-15,18-19H,3,8-9,11,13H2,1-2H3. The Kier molecular flexibility index (Phi) is 6.08. The van der Waals surface area contributed by atoms with E-state index in [4.69, 9.17) is 4.74 Å². The predicted molar refractivity (Wildman–Crippen MR) is 102 cm³/mol. The lowest BCUT2D eigenvalue weighted by Gasteiger charge is -2.24. The number of ether oxygens (including phenoxy) is 1. The van der Waals surface area contributed by atoms with Gasteiger partial charge in [0.2, 0.25) is 5.82 Å². The second-order valence-electron chi connectivity index (χ2n) is 7.07. The smallest absolute Gasteiger partial charge is 0.200 e. The molecule has 138 valence electrons. The fourth-order valence-electron chi connectivity index (χ4n) is 3.58. The van der Waals surface area contributed by atoms with Gasteiger partial charge in [-0.1, -0.05) is 48.0 Å². The molecule has 0 aromatic heterocycles. The minimum atomic E-state index is -0.876. The van der Waals surface area contributed by atoms with E-state index in [9.17, 15) is 8.78 Å². The first-order valence-corrected chi connectivity index (χ1v) is 9.43. The molecule has 2 aromatic rings. The summed E-state index contributed by atoms with van der Waals surface area (Å²) in [6, 6.07) is 11.8. The summed E-state index contributed by atoms with van der Waals surface area (Å²) in [4.78, 5) is 0. The quantitative estimate of drug-likeness (QED) is 0.548. The molecule has 0 aliphatic heterocycles. The molecule has 0 saturated heterocycles. The molecule has 1 nitrogen and oxygen atoms in total. The number of halogens is 2. The number of hydrogen-bond donors (Lipinski definition) is 0. The topological polar surface area (TPSA) is 9.23 Å². The van der Waals surface area contributed by atoms with E-state index in [0.29, 0.717) is 18.1 Å². The van der Waals surface area contributed by atoms with E-state index in [1.165, 1.54) is 17.2 Å². The third-order valence-corrected chi connectivity index (χ3v) is 5.16. The summed E-state index contributed by atoms with van der Waals surface area (Å²) < 4.78 is 33.6. The van der Waals surface area contributed by atoms with Crippen LogP contribution in [0, 0.1) is 24.5 Å². The first kappa shape index (κ1) is 18.6. The van der Waals surface area contributed by atoms with Crippen molar-refractivity contribution in [3.8, 4) is 5.75 Å². The monoisotopic (exact) mass is 356 g/mol. The van der Waals surface area contributed by atoms with Crippen LogP contribution in [0.5, 0.6) is 5.75 Å². The fourth-order valence-corrected chi connectivity index (χ4v) is 3.58. The van der Waals surface area contributed by atoms with Crippen LogP contribution in [0.1, 0.15) is 48.8 Å². The minimum Gasteiger partial charge on any atom is -0.491 e. The Hall–Kier alpha value is -2.16. The zero-order chi connectivity index (χ0) is 18.5. The average Bonchev–Trinajstić information content (AvgIpc) is 2.66. The summed E-state index contributed by atoms with van der Waals surface area (Å²) in [6.07, 6.45) is 8.21. The third-order valence-electron chi connectivity index (χ3n) is 5.16. The molecule has 3 rings (SSSR count). The molecule has 0 amide bonds. The van der Waals surface area contributed by atoms with Crippen molar-refractivity contribution in [1.29, 1.82) is 0 Å². The number of aryl methyl sites for hydroxylation is 2. The van der Waals surface area contributed by atoms with Gasteiger partial charge in [0.05, 0.1) is 6.61 Å². The summed E-state index contributed by atoms with van der Waals surface area (Å²) in [7, 11) is 0. The van der Waals surface area contributed by atoms with Gasteiger partial charge in [-0.3, -0.25) is 0 Å². The first-order chi connectivity index (χ1) is 12.6. The Morgan fingerprint density at radius 3 is 2.38 bits per heavy atom. The molecule has 2 unspecified atom stereocenters. The molecule has 0 radical (unpaired) electrons. The van der Waals surface area contributed by atoms with Crippen molar-refractivity contribution >= 4 is 0 Å². The van der Waals surface area contributed by atoms with E-state index < -0.39 is 11.6 Å². The Morgan fingerprint density at radius 1 is 0.962 bits per heavy atom. The van der Waals surface area contributed by atoms with Gasteiger partial charge in [-0.15, -0.1) is 0 Å². The molecule has 2 aromatic carbocycles. The number of rotatable bonds is 6.